The zero-order valence-corrected chi connectivity index (χ0v) is 48.6. The molecule has 0 unspecified atom stereocenters. The SMILES string of the molecule is OCCOCCOCCOCCOCCOCCCCCCCCCCCSSCCCCCCCCCCCOCCOCCOCCOCCOCCO[C@@H]1O[C@H](CO)[C@@H](O[C@@H]2O[C@H](CO)[C@@H](O)[C@H](O)[C@H]2O)[C@H](O)[C@H]1O. The fourth-order valence-corrected chi connectivity index (χ4v) is 10.6. The van der Waals surface area contributed by atoms with Crippen molar-refractivity contribution in [1.82, 2.24) is 0 Å². The summed E-state index contributed by atoms with van der Waals surface area (Å²) in [4.78, 5) is 0. The topological polar surface area (TPSA) is 291 Å². The van der Waals surface area contributed by atoms with E-state index in [4.69, 9.17) is 71.4 Å². The van der Waals surface area contributed by atoms with Gasteiger partial charge < -0.3 is 107 Å². The minimum atomic E-state index is -1.74. The molecule has 2 aliphatic heterocycles. The van der Waals surface area contributed by atoms with Gasteiger partial charge in [-0.25, -0.2) is 0 Å². The zero-order chi connectivity index (χ0) is 56.2. The third kappa shape index (κ3) is 39.4. The van der Waals surface area contributed by atoms with Crippen LogP contribution in [0.1, 0.15) is 116 Å². The number of ether oxygens (including phenoxy) is 14. The summed E-state index contributed by atoms with van der Waals surface area (Å²) >= 11 is 0. The van der Waals surface area contributed by atoms with E-state index in [0.29, 0.717) is 106 Å². The molecule has 2 saturated heterocycles. The molecule has 0 aromatic rings. The van der Waals surface area contributed by atoms with Gasteiger partial charge in [-0.2, -0.15) is 0 Å². The molecule has 2 aliphatic rings. The van der Waals surface area contributed by atoms with E-state index in [0.717, 1.165) is 26.1 Å². The Morgan fingerprint density at radius 2 is 0.590 bits per heavy atom. The lowest BCUT2D eigenvalue weighted by atomic mass is 9.97. The fraction of sp³-hybridized carbons (Fsp3) is 1.00. The number of hydrogen-bond donors (Lipinski definition) is 8. The maximum absolute atomic E-state index is 10.7. The summed E-state index contributed by atoms with van der Waals surface area (Å²) in [7, 11) is 4.13. The van der Waals surface area contributed by atoms with Crippen LogP contribution in [0.25, 0.3) is 0 Å². The normalized spacial score (nSPS) is 23.7. The second-order valence-electron chi connectivity index (χ2n) is 19.2. The van der Waals surface area contributed by atoms with Crippen LogP contribution >= 0.6 is 21.6 Å². The molecule has 2 heterocycles. The highest BCUT2D eigenvalue weighted by molar-refractivity contribution is 8.76. The fourth-order valence-electron chi connectivity index (χ4n) is 8.27. The first-order valence-corrected chi connectivity index (χ1v) is 31.7. The van der Waals surface area contributed by atoms with Crippen molar-refractivity contribution in [3.05, 3.63) is 0 Å². The maximum Gasteiger partial charge on any atom is 0.187 e. The standard InChI is InChI=1S/C54H106O22S2/c55-19-22-65-25-28-68-31-34-69-32-29-66-26-23-63-20-15-11-7-3-1-5-9-13-17-41-77-78-42-18-14-10-6-2-4-8-12-16-21-64-24-27-67-30-33-70-35-36-71-37-38-72-39-40-73-53-51(62)49(60)52(46(44-57)75-53)76-54-50(61)48(59)47(58)45(43-56)74-54/h45-62H,1-44H2/t45-,46-,47-,48+,49-,50-,51-,52-,53-,54+/m1/s1. The van der Waals surface area contributed by atoms with Gasteiger partial charge in [0.15, 0.2) is 12.6 Å². The van der Waals surface area contributed by atoms with Crippen molar-refractivity contribution in [1.29, 1.82) is 0 Å². The van der Waals surface area contributed by atoms with Crippen LogP contribution in [0.3, 0.4) is 0 Å². The molecule has 0 amide bonds. The van der Waals surface area contributed by atoms with Crippen LogP contribution in [0.2, 0.25) is 0 Å². The quantitative estimate of drug-likeness (QED) is 0.0321. The first-order valence-electron chi connectivity index (χ1n) is 29.2. The van der Waals surface area contributed by atoms with Crippen LogP contribution in [-0.2, 0) is 66.3 Å². The van der Waals surface area contributed by atoms with Gasteiger partial charge >= 0.3 is 0 Å². The monoisotopic (exact) mass is 1170 g/mol. The molecule has 0 saturated carbocycles. The van der Waals surface area contributed by atoms with Crippen LogP contribution in [0.5, 0.6) is 0 Å². The number of aliphatic hydroxyl groups excluding tert-OH is 8. The summed E-state index contributed by atoms with van der Waals surface area (Å²) in [6.45, 7) is 8.62. The Bertz CT molecular complexity index is 1240. The molecule has 0 bridgehead atoms. The van der Waals surface area contributed by atoms with E-state index in [1.807, 2.05) is 0 Å². The minimum absolute atomic E-state index is 0.00823. The van der Waals surface area contributed by atoms with E-state index in [1.54, 1.807) is 0 Å². The van der Waals surface area contributed by atoms with E-state index in [-0.39, 0.29) is 26.4 Å². The van der Waals surface area contributed by atoms with Crippen molar-refractivity contribution in [3.8, 4) is 0 Å². The molecule has 0 aromatic carbocycles. The second-order valence-corrected chi connectivity index (χ2v) is 21.9. The van der Waals surface area contributed by atoms with E-state index in [9.17, 15) is 35.7 Å². The summed E-state index contributed by atoms with van der Waals surface area (Å²) in [5.74, 6) is 2.56. The number of unbranched alkanes of at least 4 members (excludes halogenated alkanes) is 16. The molecule has 0 spiro atoms. The van der Waals surface area contributed by atoms with Gasteiger partial charge in [-0.15, -0.1) is 0 Å². The van der Waals surface area contributed by atoms with Crippen LogP contribution in [0, 0.1) is 0 Å². The van der Waals surface area contributed by atoms with Crippen LogP contribution in [0.4, 0.5) is 0 Å². The Labute approximate surface area is 474 Å². The molecule has 2 rings (SSSR count). The van der Waals surface area contributed by atoms with Gasteiger partial charge in [-0.1, -0.05) is 111 Å². The summed E-state index contributed by atoms with van der Waals surface area (Å²) in [6, 6.07) is 0. The molecule has 2 fully saturated rings. The largest absolute Gasteiger partial charge is 0.394 e. The molecule has 8 N–H and O–H groups in total. The lowest BCUT2D eigenvalue weighted by Gasteiger charge is -2.45. The molecular formula is C54H106O22S2. The second kappa shape index (κ2) is 54.7. The Morgan fingerprint density at radius 3 is 0.962 bits per heavy atom. The van der Waals surface area contributed by atoms with Crippen molar-refractivity contribution in [3.63, 3.8) is 0 Å². The first kappa shape index (κ1) is 73.9. The maximum atomic E-state index is 10.7. The van der Waals surface area contributed by atoms with Crippen molar-refractivity contribution in [2.45, 2.75) is 177 Å². The third-order valence-electron chi connectivity index (χ3n) is 12.8. The van der Waals surface area contributed by atoms with Gasteiger partial charge in [0.1, 0.15) is 48.8 Å². The molecule has 78 heavy (non-hydrogen) atoms. The number of rotatable bonds is 59. The summed E-state index contributed by atoms with van der Waals surface area (Å²) in [5, 5.41) is 79.5. The summed E-state index contributed by atoms with van der Waals surface area (Å²) < 4.78 is 77.0. The highest BCUT2D eigenvalue weighted by Gasteiger charge is 2.50. The average Bonchev–Trinajstić information content (AvgIpc) is 3.45. The lowest BCUT2D eigenvalue weighted by Crippen LogP contribution is -2.64. The van der Waals surface area contributed by atoms with Crippen LogP contribution in [-0.4, -0.2) is 272 Å². The average molecular weight is 1170 g/mol. The molecular weight excluding hydrogens is 1060 g/mol. The predicted octanol–water partition coefficient (Wildman–Crippen LogP) is 3.19. The smallest absolute Gasteiger partial charge is 0.187 e. The number of hydrogen-bond acceptors (Lipinski definition) is 24. The zero-order valence-electron chi connectivity index (χ0n) is 47.0. The van der Waals surface area contributed by atoms with Gasteiger partial charge in [0, 0.05) is 24.7 Å². The van der Waals surface area contributed by atoms with Gasteiger partial charge in [0.05, 0.1) is 145 Å². The molecule has 466 valence electrons. The summed E-state index contributed by atoms with van der Waals surface area (Å²) in [6.07, 6.45) is 8.29. The van der Waals surface area contributed by atoms with E-state index in [2.05, 4.69) is 21.6 Å². The first-order chi connectivity index (χ1) is 38.3. The molecule has 10 atom stereocenters. The summed E-state index contributed by atoms with van der Waals surface area (Å²) in [5.41, 5.74) is 0. The van der Waals surface area contributed by atoms with E-state index < -0.39 is 74.6 Å². The van der Waals surface area contributed by atoms with E-state index >= 15 is 0 Å². The molecule has 0 aromatic heterocycles. The Kier molecular flexibility index (Phi) is 51.9. The van der Waals surface area contributed by atoms with Crippen molar-refractivity contribution >= 4 is 21.6 Å². The van der Waals surface area contributed by atoms with Crippen LogP contribution < -0.4 is 0 Å². The van der Waals surface area contributed by atoms with Gasteiger partial charge in [0.2, 0.25) is 0 Å². The molecule has 22 nitrogen and oxygen atoms in total. The number of aliphatic hydroxyl groups is 8. The van der Waals surface area contributed by atoms with Gasteiger partial charge in [0.25, 0.3) is 0 Å². The molecule has 24 heteroatoms. The minimum Gasteiger partial charge on any atom is -0.394 e. The van der Waals surface area contributed by atoms with Gasteiger partial charge in [-0.3, -0.25) is 0 Å². The highest BCUT2D eigenvalue weighted by atomic mass is 33.1. The van der Waals surface area contributed by atoms with Crippen molar-refractivity contribution in [2.24, 2.45) is 0 Å². The Balaban J connectivity index is 1.19. The van der Waals surface area contributed by atoms with Crippen molar-refractivity contribution in [2.75, 3.05) is 170 Å². The predicted molar refractivity (Wildman–Crippen MR) is 296 cm³/mol. The third-order valence-corrected chi connectivity index (χ3v) is 15.4. The molecule has 0 aliphatic carbocycles. The van der Waals surface area contributed by atoms with E-state index in [1.165, 1.54) is 114 Å². The van der Waals surface area contributed by atoms with Crippen LogP contribution in [0.15, 0.2) is 0 Å². The Morgan fingerprint density at radius 1 is 0.282 bits per heavy atom. The molecule has 0 radical (unpaired) electrons. The van der Waals surface area contributed by atoms with Crippen molar-refractivity contribution < 1.29 is 107 Å². The highest BCUT2D eigenvalue weighted by Crippen LogP contribution is 2.30. The van der Waals surface area contributed by atoms with Gasteiger partial charge in [-0.05, 0) is 25.7 Å². The lowest BCUT2D eigenvalue weighted by molar-refractivity contribution is -0.359. The Hall–Kier alpha value is -0.180.